The Hall–Kier alpha value is -2.43. The number of esters is 1. The summed E-state index contributed by atoms with van der Waals surface area (Å²) < 4.78 is 10.2. The van der Waals surface area contributed by atoms with Crippen molar-refractivity contribution >= 4 is 22.7 Å². The number of methoxy groups -OCH3 is 1. The molecule has 0 radical (unpaired) electrons. The first-order valence-electron chi connectivity index (χ1n) is 7.23. The highest BCUT2D eigenvalue weighted by Gasteiger charge is 2.13. The second-order valence-corrected chi connectivity index (χ2v) is 4.22. The molecule has 0 aliphatic rings. The van der Waals surface area contributed by atoms with Crippen molar-refractivity contribution in [2.75, 3.05) is 13.7 Å². The van der Waals surface area contributed by atoms with Gasteiger partial charge in [-0.25, -0.2) is 9.78 Å². The second-order valence-electron chi connectivity index (χ2n) is 4.22. The number of aromatic nitrogens is 1. The van der Waals surface area contributed by atoms with Gasteiger partial charge in [-0.15, -0.1) is 0 Å². The molecule has 118 valence electrons. The van der Waals surface area contributed by atoms with E-state index in [0.29, 0.717) is 29.1 Å². The summed E-state index contributed by atoms with van der Waals surface area (Å²) in [6.45, 7) is 7.51. The van der Waals surface area contributed by atoms with E-state index in [-0.39, 0.29) is 5.78 Å². The number of Topliss-reactive ketones (excluding diaryl/α,β-unsaturated/α-hetero) is 1. The normalized spacial score (nSPS) is 9.68. The predicted molar refractivity (Wildman–Crippen MR) is 85.6 cm³/mol. The topological polar surface area (TPSA) is 65.5 Å². The number of rotatable bonds is 4. The summed E-state index contributed by atoms with van der Waals surface area (Å²) in [5.74, 6) is -0.0968. The molecule has 1 heterocycles. The molecule has 0 unspecified atom stereocenters. The first kappa shape index (κ1) is 17.6. The third-order valence-corrected chi connectivity index (χ3v) is 2.85. The van der Waals surface area contributed by atoms with E-state index in [4.69, 9.17) is 9.47 Å². The summed E-state index contributed by atoms with van der Waals surface area (Å²) in [5.41, 5.74) is 1.31. The summed E-state index contributed by atoms with van der Waals surface area (Å²) >= 11 is 0. The average molecular weight is 303 g/mol. The van der Waals surface area contributed by atoms with Gasteiger partial charge in [0.2, 0.25) is 0 Å². The Labute approximate surface area is 130 Å². The van der Waals surface area contributed by atoms with Crippen LogP contribution < -0.4 is 4.74 Å². The molecule has 0 fully saturated rings. The summed E-state index contributed by atoms with van der Waals surface area (Å²) in [7, 11) is 1.49. The summed E-state index contributed by atoms with van der Waals surface area (Å²) in [6.07, 6.45) is 0. The highest BCUT2D eigenvalue weighted by atomic mass is 16.5. The molecule has 0 saturated carbocycles. The van der Waals surface area contributed by atoms with Gasteiger partial charge in [-0.2, -0.15) is 0 Å². The molecule has 0 aliphatic carbocycles. The van der Waals surface area contributed by atoms with Crippen molar-refractivity contribution in [1.82, 2.24) is 4.98 Å². The van der Waals surface area contributed by atoms with Crippen molar-refractivity contribution in [3.63, 3.8) is 0 Å². The van der Waals surface area contributed by atoms with Gasteiger partial charge in [-0.05, 0) is 25.1 Å². The van der Waals surface area contributed by atoms with E-state index in [0.717, 1.165) is 5.39 Å². The van der Waals surface area contributed by atoms with Crippen LogP contribution in [0.2, 0.25) is 0 Å². The third kappa shape index (κ3) is 3.81. The number of nitrogens with zero attached hydrogens (tertiary/aromatic N) is 1. The van der Waals surface area contributed by atoms with Gasteiger partial charge in [0.1, 0.15) is 17.0 Å². The maximum atomic E-state index is 11.8. The van der Waals surface area contributed by atoms with E-state index in [2.05, 4.69) is 4.98 Å². The van der Waals surface area contributed by atoms with Crippen molar-refractivity contribution < 1.29 is 19.1 Å². The van der Waals surface area contributed by atoms with Crippen molar-refractivity contribution in [3.05, 3.63) is 35.5 Å². The average Bonchev–Trinajstić information content (AvgIpc) is 2.55. The molecule has 1 aromatic carbocycles. The lowest BCUT2D eigenvalue weighted by Gasteiger charge is -2.09. The molecule has 5 nitrogen and oxygen atoms in total. The first-order valence-corrected chi connectivity index (χ1v) is 7.23. The maximum Gasteiger partial charge on any atom is 0.338 e. The summed E-state index contributed by atoms with van der Waals surface area (Å²) in [5, 5.41) is 0.720. The maximum absolute atomic E-state index is 11.8. The number of fused-ring (bicyclic) bond motifs is 1. The molecule has 0 aliphatic heterocycles. The number of benzene rings is 1. The van der Waals surface area contributed by atoms with E-state index >= 15 is 0 Å². The lowest BCUT2D eigenvalue weighted by Crippen LogP contribution is -2.06. The molecule has 0 N–H and O–H groups in total. The zero-order valence-corrected chi connectivity index (χ0v) is 13.6. The van der Waals surface area contributed by atoms with Gasteiger partial charge in [-0.3, -0.25) is 4.79 Å². The molecule has 0 amide bonds. The quantitative estimate of drug-likeness (QED) is 0.637. The molecule has 0 spiro atoms. The third-order valence-electron chi connectivity index (χ3n) is 2.85. The minimum Gasteiger partial charge on any atom is -0.494 e. The number of carbonyl (C=O) groups is 2. The van der Waals surface area contributed by atoms with Crippen molar-refractivity contribution in [2.24, 2.45) is 0 Å². The van der Waals surface area contributed by atoms with Gasteiger partial charge in [0.25, 0.3) is 0 Å². The zero-order valence-electron chi connectivity index (χ0n) is 13.6. The number of hydrogen-bond acceptors (Lipinski definition) is 5. The Morgan fingerprint density at radius 2 is 1.86 bits per heavy atom. The highest BCUT2D eigenvalue weighted by molar-refractivity contribution is 5.99. The SMILES string of the molecule is CC.CCOC(=O)c1cc(OC)c2nc(C(C)=O)ccc2c1. The van der Waals surface area contributed by atoms with Crippen molar-refractivity contribution in [3.8, 4) is 5.75 Å². The fourth-order valence-corrected chi connectivity index (χ4v) is 1.89. The minimum absolute atomic E-state index is 0.122. The molecule has 0 atom stereocenters. The predicted octanol–water partition coefficient (Wildman–Crippen LogP) is 3.65. The number of ketones is 1. The molecule has 1 aromatic heterocycles. The van der Waals surface area contributed by atoms with Crippen LogP contribution in [0.15, 0.2) is 24.3 Å². The number of pyridine rings is 1. The highest BCUT2D eigenvalue weighted by Crippen LogP contribution is 2.26. The Kier molecular flexibility index (Phi) is 6.50. The molecule has 5 heteroatoms. The first-order chi connectivity index (χ1) is 10.6. The summed E-state index contributed by atoms with van der Waals surface area (Å²) in [4.78, 5) is 27.4. The van der Waals surface area contributed by atoms with E-state index in [1.54, 1.807) is 31.2 Å². The van der Waals surface area contributed by atoms with Gasteiger partial charge in [0.15, 0.2) is 5.78 Å². The number of hydrogen-bond donors (Lipinski definition) is 0. The van der Waals surface area contributed by atoms with Crippen LogP contribution in [0.25, 0.3) is 10.9 Å². The van der Waals surface area contributed by atoms with Gasteiger partial charge in [-0.1, -0.05) is 19.9 Å². The molecular formula is C17H21NO4. The molecular weight excluding hydrogens is 282 g/mol. The van der Waals surface area contributed by atoms with Crippen LogP contribution >= 0.6 is 0 Å². The van der Waals surface area contributed by atoms with Gasteiger partial charge >= 0.3 is 5.97 Å². The van der Waals surface area contributed by atoms with Gasteiger partial charge < -0.3 is 9.47 Å². The lowest BCUT2D eigenvalue weighted by molar-refractivity contribution is 0.0526. The van der Waals surface area contributed by atoms with Crippen molar-refractivity contribution in [2.45, 2.75) is 27.7 Å². The molecule has 2 rings (SSSR count). The Bertz CT molecular complexity index is 680. The Morgan fingerprint density at radius 1 is 1.18 bits per heavy atom. The fourth-order valence-electron chi connectivity index (χ4n) is 1.89. The lowest BCUT2D eigenvalue weighted by atomic mass is 10.1. The van der Waals surface area contributed by atoms with Crippen LogP contribution in [0.1, 0.15) is 48.5 Å². The van der Waals surface area contributed by atoms with E-state index in [1.165, 1.54) is 14.0 Å². The second kappa shape index (κ2) is 8.12. The van der Waals surface area contributed by atoms with Crippen LogP contribution in [-0.2, 0) is 4.74 Å². The van der Waals surface area contributed by atoms with Gasteiger partial charge in [0, 0.05) is 12.3 Å². The van der Waals surface area contributed by atoms with E-state index < -0.39 is 5.97 Å². The van der Waals surface area contributed by atoms with Crippen LogP contribution in [0.3, 0.4) is 0 Å². The standard InChI is InChI=1S/C15H15NO4.C2H6/c1-4-20-15(18)11-7-10-5-6-12(9(2)17)16-14(10)13(8-11)19-3;1-2/h5-8H,4H2,1-3H3;1-2H3. The monoisotopic (exact) mass is 303 g/mol. The van der Waals surface area contributed by atoms with E-state index in [1.807, 2.05) is 13.8 Å². The Balaban J connectivity index is 0.00000116. The Morgan fingerprint density at radius 3 is 2.41 bits per heavy atom. The molecule has 22 heavy (non-hydrogen) atoms. The molecule has 0 saturated heterocycles. The largest absolute Gasteiger partial charge is 0.494 e. The molecule has 2 aromatic rings. The van der Waals surface area contributed by atoms with Crippen LogP contribution in [-0.4, -0.2) is 30.5 Å². The van der Waals surface area contributed by atoms with Crippen LogP contribution in [0.4, 0.5) is 0 Å². The van der Waals surface area contributed by atoms with Gasteiger partial charge in [0.05, 0.1) is 19.3 Å². The number of ether oxygens (including phenoxy) is 2. The smallest absolute Gasteiger partial charge is 0.338 e. The summed E-state index contributed by atoms with van der Waals surface area (Å²) in [6, 6.07) is 6.60. The van der Waals surface area contributed by atoms with Crippen LogP contribution in [0.5, 0.6) is 5.75 Å². The minimum atomic E-state index is -0.414. The van der Waals surface area contributed by atoms with E-state index in [9.17, 15) is 9.59 Å². The van der Waals surface area contributed by atoms with Crippen molar-refractivity contribution in [1.29, 1.82) is 0 Å². The fraction of sp³-hybridized carbons (Fsp3) is 0.353. The van der Waals surface area contributed by atoms with Crippen LogP contribution in [0, 0.1) is 0 Å². The zero-order chi connectivity index (χ0) is 16.7. The number of carbonyl (C=O) groups excluding carboxylic acids is 2. The molecule has 0 bridgehead atoms.